The number of hydrogen-bond donors (Lipinski definition) is 2. The van der Waals surface area contributed by atoms with Crippen LogP contribution in [0.1, 0.15) is 25.3 Å². The second-order valence-electron chi connectivity index (χ2n) is 5.77. The monoisotopic (exact) mass is 274 g/mol. The zero-order chi connectivity index (χ0) is 14.5. The summed E-state index contributed by atoms with van der Waals surface area (Å²) in [5.74, 6) is 1.30. The van der Waals surface area contributed by atoms with E-state index >= 15 is 0 Å². The molecule has 0 aromatic heterocycles. The number of aryl methyl sites for hydroxylation is 1. The maximum absolute atomic E-state index is 5.97. The van der Waals surface area contributed by atoms with E-state index < -0.39 is 0 Å². The van der Waals surface area contributed by atoms with Crippen LogP contribution in [0.4, 0.5) is 5.69 Å². The predicted octanol–water partition coefficient (Wildman–Crippen LogP) is 2.32. The smallest absolute Gasteiger partial charge is 0.193 e. The van der Waals surface area contributed by atoms with Gasteiger partial charge in [-0.2, -0.15) is 0 Å². The second-order valence-corrected chi connectivity index (χ2v) is 5.77. The van der Waals surface area contributed by atoms with Gasteiger partial charge in [0.25, 0.3) is 0 Å². The summed E-state index contributed by atoms with van der Waals surface area (Å²) >= 11 is 0. The summed E-state index contributed by atoms with van der Waals surface area (Å²) in [4.78, 5) is 6.74. The zero-order valence-electron chi connectivity index (χ0n) is 12.8. The molecule has 0 heterocycles. The molecular weight excluding hydrogens is 248 g/mol. The number of likely N-dealkylation sites (N-methyl/N-ethyl adjacent to an activating group) is 1. The number of benzene rings is 1. The minimum atomic E-state index is 0.502. The van der Waals surface area contributed by atoms with Gasteiger partial charge in [-0.05, 0) is 57.0 Å². The summed E-state index contributed by atoms with van der Waals surface area (Å²) in [5, 5.41) is 3.16. The Morgan fingerprint density at radius 1 is 1.35 bits per heavy atom. The van der Waals surface area contributed by atoms with Crippen LogP contribution in [0, 0.1) is 5.92 Å². The quantitative estimate of drug-likeness (QED) is 0.618. The largest absolute Gasteiger partial charge is 0.370 e. The Morgan fingerprint density at radius 2 is 2.00 bits per heavy atom. The van der Waals surface area contributed by atoms with Crippen molar-refractivity contribution >= 4 is 11.6 Å². The molecule has 0 saturated heterocycles. The van der Waals surface area contributed by atoms with Gasteiger partial charge in [0.1, 0.15) is 0 Å². The molecule has 110 valence electrons. The van der Waals surface area contributed by atoms with Gasteiger partial charge in [0.15, 0.2) is 5.96 Å². The summed E-state index contributed by atoms with van der Waals surface area (Å²) in [7, 11) is 4.23. The third-order valence-corrected chi connectivity index (χ3v) is 3.91. The number of aliphatic imine (C=N–C) groups is 1. The maximum Gasteiger partial charge on any atom is 0.193 e. The van der Waals surface area contributed by atoms with Crippen LogP contribution >= 0.6 is 0 Å². The van der Waals surface area contributed by atoms with Gasteiger partial charge in [0, 0.05) is 11.7 Å². The average Bonchev–Trinajstić information content (AvgIpc) is 3.24. The number of nitrogens with two attached hydrogens (primary N) is 1. The van der Waals surface area contributed by atoms with Crippen LogP contribution in [0.25, 0.3) is 0 Å². The van der Waals surface area contributed by atoms with Gasteiger partial charge in [-0.15, -0.1) is 0 Å². The Morgan fingerprint density at radius 3 is 2.50 bits per heavy atom. The molecule has 1 atom stereocenters. The maximum atomic E-state index is 5.97. The van der Waals surface area contributed by atoms with E-state index in [0.29, 0.717) is 12.0 Å². The van der Waals surface area contributed by atoms with E-state index in [1.165, 1.54) is 18.4 Å². The highest BCUT2D eigenvalue weighted by Gasteiger charge is 2.32. The summed E-state index contributed by atoms with van der Waals surface area (Å²) in [5.41, 5.74) is 8.29. The van der Waals surface area contributed by atoms with Gasteiger partial charge >= 0.3 is 0 Å². The van der Waals surface area contributed by atoms with E-state index in [-0.39, 0.29) is 0 Å². The molecule has 4 nitrogen and oxygen atoms in total. The molecule has 0 spiro atoms. The van der Waals surface area contributed by atoms with Gasteiger partial charge in [-0.3, -0.25) is 4.99 Å². The normalized spacial score (nSPS) is 17.3. The van der Waals surface area contributed by atoms with Crippen LogP contribution in [0.2, 0.25) is 0 Å². The highest BCUT2D eigenvalue weighted by atomic mass is 15.2. The summed E-state index contributed by atoms with van der Waals surface area (Å²) in [6, 6.07) is 8.83. The molecule has 1 aromatic rings. The van der Waals surface area contributed by atoms with Crippen LogP contribution < -0.4 is 11.1 Å². The number of rotatable bonds is 6. The Balaban J connectivity index is 1.89. The van der Waals surface area contributed by atoms with Gasteiger partial charge in [-0.25, -0.2) is 0 Å². The van der Waals surface area contributed by atoms with Crippen molar-refractivity contribution in [2.24, 2.45) is 16.6 Å². The number of nitrogens with zero attached hydrogens (tertiary/aromatic N) is 2. The molecule has 0 bridgehead atoms. The lowest BCUT2D eigenvalue weighted by atomic mass is 10.1. The number of anilines is 1. The van der Waals surface area contributed by atoms with E-state index in [1.807, 2.05) is 12.1 Å². The lowest BCUT2D eigenvalue weighted by Crippen LogP contribution is -2.34. The standard InChI is InChI=1S/C16H26N4/c1-4-12-5-9-14(10-6-12)19-16(17)18-11-15(20(2)3)13-7-8-13/h5-6,9-10,13,15H,4,7-8,11H2,1-3H3,(H3,17,18,19). The average molecular weight is 274 g/mol. The van der Waals surface area contributed by atoms with Gasteiger partial charge < -0.3 is 16.0 Å². The minimum absolute atomic E-state index is 0.502. The van der Waals surface area contributed by atoms with Crippen molar-refractivity contribution in [1.82, 2.24) is 4.90 Å². The molecule has 20 heavy (non-hydrogen) atoms. The van der Waals surface area contributed by atoms with Crippen molar-refractivity contribution in [2.75, 3.05) is 26.0 Å². The van der Waals surface area contributed by atoms with Crippen LogP contribution in [-0.2, 0) is 6.42 Å². The molecule has 1 saturated carbocycles. The van der Waals surface area contributed by atoms with Crippen LogP contribution in [0.3, 0.4) is 0 Å². The van der Waals surface area contributed by atoms with Crippen molar-refractivity contribution < 1.29 is 0 Å². The fourth-order valence-corrected chi connectivity index (χ4v) is 2.42. The van der Waals surface area contributed by atoms with Gasteiger partial charge in [0.2, 0.25) is 0 Å². The molecule has 1 aliphatic rings. The van der Waals surface area contributed by atoms with E-state index in [9.17, 15) is 0 Å². The number of hydrogen-bond acceptors (Lipinski definition) is 2. The first-order chi connectivity index (χ1) is 9.60. The summed E-state index contributed by atoms with van der Waals surface area (Å²) in [6.07, 6.45) is 3.70. The summed E-state index contributed by atoms with van der Waals surface area (Å²) in [6.45, 7) is 2.92. The zero-order valence-corrected chi connectivity index (χ0v) is 12.8. The Labute approximate surface area is 122 Å². The van der Waals surface area contributed by atoms with Gasteiger partial charge in [-0.1, -0.05) is 19.1 Å². The van der Waals surface area contributed by atoms with Crippen molar-refractivity contribution in [1.29, 1.82) is 0 Å². The number of nitrogens with one attached hydrogen (secondary N) is 1. The first kappa shape index (κ1) is 14.9. The van der Waals surface area contributed by atoms with E-state index in [2.05, 4.69) is 48.4 Å². The molecule has 1 aliphatic carbocycles. The molecule has 1 unspecified atom stereocenters. The molecule has 1 aromatic carbocycles. The first-order valence-corrected chi connectivity index (χ1v) is 7.42. The molecule has 3 N–H and O–H groups in total. The SMILES string of the molecule is CCc1ccc(NC(N)=NCC(C2CC2)N(C)C)cc1. The Kier molecular flexibility index (Phi) is 5.01. The van der Waals surface area contributed by atoms with Gasteiger partial charge in [0.05, 0.1) is 6.54 Å². The lowest BCUT2D eigenvalue weighted by Gasteiger charge is -2.22. The molecule has 4 heteroatoms. The first-order valence-electron chi connectivity index (χ1n) is 7.42. The second kappa shape index (κ2) is 6.75. The topological polar surface area (TPSA) is 53.6 Å². The van der Waals surface area contributed by atoms with E-state index in [4.69, 9.17) is 5.73 Å². The third kappa shape index (κ3) is 4.23. The molecule has 0 amide bonds. The molecule has 1 fully saturated rings. The fraction of sp³-hybridized carbons (Fsp3) is 0.562. The highest BCUT2D eigenvalue weighted by molar-refractivity contribution is 5.92. The van der Waals surface area contributed by atoms with Crippen molar-refractivity contribution in [2.45, 2.75) is 32.2 Å². The van der Waals surface area contributed by atoms with E-state index in [1.54, 1.807) is 0 Å². The Hall–Kier alpha value is -1.55. The fourth-order valence-electron chi connectivity index (χ4n) is 2.42. The van der Waals surface area contributed by atoms with Crippen LogP contribution in [-0.4, -0.2) is 37.5 Å². The molecule has 0 aliphatic heterocycles. The Bertz CT molecular complexity index is 444. The van der Waals surface area contributed by atoms with Crippen molar-refractivity contribution in [3.8, 4) is 0 Å². The predicted molar refractivity (Wildman–Crippen MR) is 86.1 cm³/mol. The molecule has 0 radical (unpaired) electrons. The molecule has 2 rings (SSSR count). The third-order valence-electron chi connectivity index (χ3n) is 3.91. The van der Waals surface area contributed by atoms with Crippen molar-refractivity contribution in [3.63, 3.8) is 0 Å². The van der Waals surface area contributed by atoms with E-state index in [0.717, 1.165) is 24.6 Å². The lowest BCUT2D eigenvalue weighted by molar-refractivity contribution is 0.271. The minimum Gasteiger partial charge on any atom is -0.370 e. The molecular formula is C16H26N4. The van der Waals surface area contributed by atoms with Crippen molar-refractivity contribution in [3.05, 3.63) is 29.8 Å². The highest BCUT2D eigenvalue weighted by Crippen LogP contribution is 2.34. The van der Waals surface area contributed by atoms with Crippen LogP contribution in [0.15, 0.2) is 29.3 Å². The number of guanidine groups is 1. The summed E-state index contributed by atoms with van der Waals surface area (Å²) < 4.78 is 0. The van der Waals surface area contributed by atoms with Crippen LogP contribution in [0.5, 0.6) is 0 Å².